The van der Waals surface area contributed by atoms with Crippen molar-refractivity contribution >= 4 is 33.5 Å². The number of anilines is 1. The molecule has 2 N–H and O–H groups in total. The molecule has 13 heteroatoms. The molecule has 0 unspecified atom stereocenters. The minimum Gasteiger partial charge on any atom is -0.383 e. The zero-order chi connectivity index (χ0) is 31.3. The van der Waals surface area contributed by atoms with Gasteiger partial charge in [0.2, 0.25) is 0 Å². The van der Waals surface area contributed by atoms with Crippen molar-refractivity contribution < 1.29 is 9.53 Å². The summed E-state index contributed by atoms with van der Waals surface area (Å²) in [5, 5.41) is 13.3. The van der Waals surface area contributed by atoms with E-state index in [2.05, 4.69) is 44.2 Å². The van der Waals surface area contributed by atoms with Crippen molar-refractivity contribution in [2.45, 2.75) is 46.3 Å². The number of methoxy groups -OCH3 is 1. The van der Waals surface area contributed by atoms with Gasteiger partial charge in [0, 0.05) is 67.6 Å². The van der Waals surface area contributed by atoms with E-state index >= 15 is 0 Å². The number of H-pyrrole nitrogens is 1. The molecule has 0 fully saturated rings. The SMILES string of the molecule is COCCN1CCn2nc(NCc3cc(-c4ccnc(-n5ncc6c7c(sc6c5=O)CC(C)(C)C7)c4C=O)c[nH]c3=O)cc2C1. The van der Waals surface area contributed by atoms with Crippen LogP contribution in [0.4, 0.5) is 5.82 Å². The average Bonchev–Trinajstić information content (AvgIpc) is 3.68. The molecule has 1 aliphatic heterocycles. The van der Waals surface area contributed by atoms with Crippen LogP contribution in [0.1, 0.15) is 45.9 Å². The Morgan fingerprint density at radius 1 is 1.20 bits per heavy atom. The third-order valence-electron chi connectivity index (χ3n) is 8.64. The first-order chi connectivity index (χ1) is 21.7. The monoisotopic (exact) mass is 626 g/mol. The van der Waals surface area contributed by atoms with E-state index in [4.69, 9.17) is 4.74 Å². The number of fused-ring (bicyclic) bond motifs is 4. The normalized spacial score (nSPS) is 15.7. The highest BCUT2D eigenvalue weighted by Crippen LogP contribution is 2.43. The average molecular weight is 627 g/mol. The van der Waals surface area contributed by atoms with Crippen LogP contribution in [0.2, 0.25) is 0 Å². The molecule has 6 heterocycles. The lowest BCUT2D eigenvalue weighted by atomic mass is 9.90. The van der Waals surface area contributed by atoms with Crippen molar-refractivity contribution in [1.29, 1.82) is 0 Å². The van der Waals surface area contributed by atoms with Crippen molar-refractivity contribution in [2.24, 2.45) is 5.41 Å². The Morgan fingerprint density at radius 3 is 2.89 bits per heavy atom. The maximum Gasteiger partial charge on any atom is 0.290 e. The number of nitrogens with zero attached hydrogens (tertiary/aromatic N) is 6. The molecule has 0 spiro atoms. The van der Waals surface area contributed by atoms with Gasteiger partial charge in [0.1, 0.15) is 10.5 Å². The molecule has 12 nitrogen and oxygen atoms in total. The van der Waals surface area contributed by atoms with E-state index in [0.29, 0.717) is 40.1 Å². The number of pyridine rings is 2. The zero-order valence-corrected chi connectivity index (χ0v) is 26.2. The van der Waals surface area contributed by atoms with Crippen LogP contribution in [0.3, 0.4) is 0 Å². The molecule has 0 saturated carbocycles. The molecule has 0 atom stereocenters. The maximum atomic E-state index is 13.7. The van der Waals surface area contributed by atoms with Gasteiger partial charge in [0.15, 0.2) is 12.1 Å². The summed E-state index contributed by atoms with van der Waals surface area (Å²) in [4.78, 5) is 49.7. The zero-order valence-electron chi connectivity index (χ0n) is 25.4. The Bertz CT molecular complexity index is 2060. The molecule has 232 valence electrons. The summed E-state index contributed by atoms with van der Waals surface area (Å²) in [5.74, 6) is 0.837. The maximum absolute atomic E-state index is 13.7. The van der Waals surface area contributed by atoms with E-state index < -0.39 is 0 Å². The molecule has 1 aliphatic carbocycles. The van der Waals surface area contributed by atoms with Crippen LogP contribution in [-0.2, 0) is 37.2 Å². The molecular formula is C32H34N8O4S. The van der Waals surface area contributed by atoms with Crippen molar-refractivity contribution in [3.63, 3.8) is 0 Å². The Balaban J connectivity index is 1.16. The summed E-state index contributed by atoms with van der Waals surface area (Å²) in [5.41, 5.74) is 3.75. The van der Waals surface area contributed by atoms with Gasteiger partial charge < -0.3 is 15.0 Å². The molecule has 2 aliphatic rings. The van der Waals surface area contributed by atoms with Crippen LogP contribution >= 0.6 is 11.3 Å². The van der Waals surface area contributed by atoms with E-state index in [-0.39, 0.29) is 34.5 Å². The van der Waals surface area contributed by atoms with Crippen molar-refractivity contribution in [3.8, 4) is 16.9 Å². The highest BCUT2D eigenvalue weighted by molar-refractivity contribution is 7.19. The van der Waals surface area contributed by atoms with E-state index in [0.717, 1.165) is 50.1 Å². The van der Waals surface area contributed by atoms with Gasteiger partial charge in [-0.2, -0.15) is 14.9 Å². The number of aldehydes is 1. The number of carbonyl (C=O) groups is 1. The number of hydrogen-bond acceptors (Lipinski definition) is 10. The summed E-state index contributed by atoms with van der Waals surface area (Å²) < 4.78 is 9.02. The molecule has 0 saturated heterocycles. The number of thiophene rings is 1. The second-order valence-electron chi connectivity index (χ2n) is 12.4. The topological polar surface area (TPSA) is 140 Å². The fraction of sp³-hybridized carbons (Fsp3) is 0.375. The van der Waals surface area contributed by atoms with Crippen LogP contribution in [0.25, 0.3) is 27.0 Å². The van der Waals surface area contributed by atoms with Gasteiger partial charge in [-0.25, -0.2) is 4.98 Å². The third kappa shape index (κ3) is 5.40. The van der Waals surface area contributed by atoms with Crippen LogP contribution < -0.4 is 16.4 Å². The quantitative estimate of drug-likeness (QED) is 0.236. The number of ether oxygens (including phenoxy) is 1. The van der Waals surface area contributed by atoms with Gasteiger partial charge in [0.25, 0.3) is 11.1 Å². The smallest absolute Gasteiger partial charge is 0.290 e. The Morgan fingerprint density at radius 2 is 2.07 bits per heavy atom. The van der Waals surface area contributed by atoms with Crippen molar-refractivity contribution in [1.82, 2.24) is 34.4 Å². The first-order valence-corrected chi connectivity index (χ1v) is 15.8. The molecular weight excluding hydrogens is 592 g/mol. The number of aromatic amines is 1. The predicted octanol–water partition coefficient (Wildman–Crippen LogP) is 3.41. The lowest BCUT2D eigenvalue weighted by molar-refractivity contribution is 0.112. The lowest BCUT2D eigenvalue weighted by Gasteiger charge is -2.26. The lowest BCUT2D eigenvalue weighted by Crippen LogP contribution is -2.35. The largest absolute Gasteiger partial charge is 0.383 e. The minimum atomic E-state index is -0.298. The molecule has 0 amide bonds. The number of nitrogens with one attached hydrogen (secondary N) is 2. The van der Waals surface area contributed by atoms with Gasteiger partial charge >= 0.3 is 0 Å². The summed E-state index contributed by atoms with van der Waals surface area (Å²) in [7, 11) is 1.70. The Hall–Kier alpha value is -4.46. The Kier molecular flexibility index (Phi) is 7.46. The van der Waals surface area contributed by atoms with Gasteiger partial charge in [0.05, 0.1) is 30.6 Å². The number of rotatable bonds is 9. The highest BCUT2D eigenvalue weighted by atomic mass is 32.1. The van der Waals surface area contributed by atoms with E-state index in [1.807, 2.05) is 10.7 Å². The Labute approximate surface area is 262 Å². The molecule has 0 radical (unpaired) electrons. The van der Waals surface area contributed by atoms with E-state index in [1.165, 1.54) is 26.5 Å². The standard InChI is InChI=1S/C32H34N8O4S/c1-32(2)12-23-24-16-36-40(31(43)28(24)45-26(23)13-32)29-25(18-41)22(4-5-33-29)19-10-20(30(42)35-14-19)15-34-27-11-21-17-38(8-9-44-3)6-7-39(21)37-27/h4-5,10-11,14,16,18H,6-9,12-13,15,17H2,1-3H3,(H,34,37)(H,35,42). The minimum absolute atomic E-state index is 0.150. The first-order valence-electron chi connectivity index (χ1n) is 15.0. The van der Waals surface area contributed by atoms with Crippen LogP contribution in [0.5, 0.6) is 0 Å². The highest BCUT2D eigenvalue weighted by Gasteiger charge is 2.33. The second kappa shape index (κ2) is 11.5. The first kappa shape index (κ1) is 29.3. The third-order valence-corrected chi connectivity index (χ3v) is 9.88. The van der Waals surface area contributed by atoms with Crippen LogP contribution in [0, 0.1) is 5.41 Å². The molecule has 7 rings (SSSR count). The number of aromatic nitrogens is 6. The van der Waals surface area contributed by atoms with Crippen molar-refractivity contribution in [3.05, 3.63) is 84.8 Å². The van der Waals surface area contributed by atoms with Crippen LogP contribution in [-0.4, -0.2) is 67.5 Å². The molecule has 0 bridgehead atoms. The fourth-order valence-corrected chi connectivity index (χ4v) is 7.84. The van der Waals surface area contributed by atoms with E-state index in [9.17, 15) is 14.4 Å². The molecule has 0 aromatic carbocycles. The predicted molar refractivity (Wildman–Crippen MR) is 172 cm³/mol. The van der Waals surface area contributed by atoms with Crippen molar-refractivity contribution in [2.75, 3.05) is 32.1 Å². The van der Waals surface area contributed by atoms with Gasteiger partial charge in [-0.3, -0.25) is 24.0 Å². The van der Waals surface area contributed by atoms with Gasteiger partial charge in [-0.15, -0.1) is 11.3 Å². The van der Waals surface area contributed by atoms with E-state index in [1.54, 1.807) is 37.8 Å². The second-order valence-corrected chi connectivity index (χ2v) is 13.6. The number of hydrogen-bond donors (Lipinski definition) is 2. The summed E-state index contributed by atoms with van der Waals surface area (Å²) in [6, 6.07) is 5.44. The molecule has 5 aromatic heterocycles. The fourth-order valence-electron chi connectivity index (χ4n) is 6.37. The number of carbonyl (C=O) groups excluding carboxylic acids is 1. The van der Waals surface area contributed by atoms with Crippen LogP contribution in [0.15, 0.2) is 46.4 Å². The molecule has 45 heavy (non-hydrogen) atoms. The van der Waals surface area contributed by atoms with Gasteiger partial charge in [-0.1, -0.05) is 13.8 Å². The molecule has 5 aromatic rings. The van der Waals surface area contributed by atoms with Gasteiger partial charge in [-0.05, 0) is 47.1 Å². The summed E-state index contributed by atoms with van der Waals surface area (Å²) in [6.45, 7) is 8.70. The summed E-state index contributed by atoms with van der Waals surface area (Å²) >= 11 is 1.51. The summed E-state index contributed by atoms with van der Waals surface area (Å²) in [6.07, 6.45) is 7.33.